The SMILES string of the molecule is C=C[C@@H]1C(Cc2nc(C(=O)OC)cc3c2[nH]c2ccccc23)C(C(=O)OC)=CO[C@H]1O[C@@H]1O[C@H](COC(C)=O)[C@@H](OC(C)=O)[C@H](OC(C)=O)[C@H]1OC(C)=O. The highest BCUT2D eigenvalue weighted by molar-refractivity contribution is 6.09. The van der Waals surface area contributed by atoms with E-state index < -0.39 is 91.3 Å². The van der Waals surface area contributed by atoms with Crippen molar-refractivity contribution in [3.05, 3.63) is 66.2 Å². The molecule has 54 heavy (non-hydrogen) atoms. The third-order valence-corrected chi connectivity index (χ3v) is 8.80. The molecule has 0 bridgehead atoms. The van der Waals surface area contributed by atoms with Gasteiger partial charge in [-0.25, -0.2) is 14.6 Å². The Hall–Kier alpha value is -5.81. The molecule has 0 spiro atoms. The Morgan fingerprint density at radius 1 is 0.833 bits per heavy atom. The summed E-state index contributed by atoms with van der Waals surface area (Å²) in [4.78, 5) is 82.7. The molecule has 2 aliphatic rings. The van der Waals surface area contributed by atoms with Crippen LogP contribution in [0.25, 0.3) is 21.8 Å². The van der Waals surface area contributed by atoms with E-state index in [1.165, 1.54) is 20.3 Å². The largest absolute Gasteiger partial charge is 0.471 e. The highest BCUT2D eigenvalue weighted by Crippen LogP contribution is 2.40. The van der Waals surface area contributed by atoms with Crippen molar-refractivity contribution in [1.29, 1.82) is 0 Å². The van der Waals surface area contributed by atoms with E-state index in [1.54, 1.807) is 6.07 Å². The number of pyridine rings is 1. The van der Waals surface area contributed by atoms with Gasteiger partial charge in [0.1, 0.15) is 18.4 Å². The Kier molecular flexibility index (Phi) is 12.3. The van der Waals surface area contributed by atoms with Crippen molar-refractivity contribution in [1.82, 2.24) is 9.97 Å². The first-order chi connectivity index (χ1) is 25.8. The Morgan fingerprint density at radius 3 is 2.11 bits per heavy atom. The Morgan fingerprint density at radius 2 is 1.48 bits per heavy atom. The molecule has 1 fully saturated rings. The van der Waals surface area contributed by atoms with Crippen molar-refractivity contribution >= 4 is 57.6 Å². The van der Waals surface area contributed by atoms with Crippen molar-refractivity contribution < 1.29 is 71.4 Å². The summed E-state index contributed by atoms with van der Waals surface area (Å²) in [6.07, 6.45) is -6.05. The summed E-state index contributed by atoms with van der Waals surface area (Å²) in [5, 5.41) is 1.51. The van der Waals surface area contributed by atoms with E-state index in [9.17, 15) is 28.8 Å². The van der Waals surface area contributed by atoms with Crippen LogP contribution in [0.1, 0.15) is 43.9 Å². The predicted octanol–water partition coefficient (Wildman–Crippen LogP) is 2.98. The predicted molar refractivity (Wildman–Crippen MR) is 184 cm³/mol. The van der Waals surface area contributed by atoms with Gasteiger partial charge in [0.25, 0.3) is 0 Å². The van der Waals surface area contributed by atoms with Gasteiger partial charge in [0, 0.05) is 55.8 Å². The van der Waals surface area contributed by atoms with Crippen LogP contribution < -0.4 is 0 Å². The number of carbonyl (C=O) groups excluding carboxylic acids is 6. The van der Waals surface area contributed by atoms with Crippen LogP contribution in [-0.4, -0.2) is 104 Å². The van der Waals surface area contributed by atoms with E-state index in [2.05, 4.69) is 16.5 Å². The lowest BCUT2D eigenvalue weighted by Crippen LogP contribution is -2.63. The Bertz CT molecular complexity index is 1990. The number of hydrogen-bond donors (Lipinski definition) is 1. The molecule has 1 saturated heterocycles. The van der Waals surface area contributed by atoms with Gasteiger partial charge in [-0.2, -0.15) is 0 Å². The van der Waals surface area contributed by atoms with E-state index in [0.29, 0.717) is 16.6 Å². The normalized spacial score (nSPS) is 25.0. The van der Waals surface area contributed by atoms with E-state index in [0.717, 1.165) is 44.9 Å². The molecule has 0 saturated carbocycles. The average Bonchev–Trinajstić information content (AvgIpc) is 3.51. The monoisotopic (exact) mass is 752 g/mol. The standard InChI is InChI=1S/C37H40N2O15/c1-8-21-23(13-27-30-24(14-28(38-27)35(45)47-7)22-11-9-10-12-26(22)39-30)25(34(44)46-6)15-49-36(21)54-37-33(52-20(5)43)32(51-19(4)42)31(50-18(3)41)29(53-37)16-48-17(2)40/h8-12,14-15,21,23,29,31-33,36-37,39H,1,13,16H2,2-7H3/t21-,23?,29-,31-,32+,33-,36+,37+/m1/s1. The van der Waals surface area contributed by atoms with Gasteiger partial charge in [0.2, 0.25) is 12.6 Å². The van der Waals surface area contributed by atoms with Crippen LogP contribution in [-0.2, 0) is 73.0 Å². The second-order valence-electron chi connectivity index (χ2n) is 12.4. The van der Waals surface area contributed by atoms with Gasteiger partial charge in [-0.1, -0.05) is 24.3 Å². The average molecular weight is 753 g/mol. The molecule has 288 valence electrons. The van der Waals surface area contributed by atoms with Gasteiger partial charge < -0.3 is 47.6 Å². The first-order valence-corrected chi connectivity index (χ1v) is 16.8. The number of ether oxygens (including phenoxy) is 9. The summed E-state index contributed by atoms with van der Waals surface area (Å²) in [5.74, 6) is -6.26. The van der Waals surface area contributed by atoms with E-state index in [-0.39, 0.29) is 17.7 Å². The van der Waals surface area contributed by atoms with E-state index in [1.807, 2.05) is 24.3 Å². The maximum atomic E-state index is 13.2. The number of aromatic nitrogens is 2. The topological polar surface area (TPSA) is 214 Å². The van der Waals surface area contributed by atoms with Gasteiger partial charge in [-0.05, 0) is 18.6 Å². The Balaban J connectivity index is 1.57. The van der Waals surface area contributed by atoms with Crippen molar-refractivity contribution in [3.63, 3.8) is 0 Å². The van der Waals surface area contributed by atoms with Crippen molar-refractivity contribution in [2.24, 2.45) is 11.8 Å². The van der Waals surface area contributed by atoms with Crippen molar-refractivity contribution in [2.45, 2.75) is 71.1 Å². The quantitative estimate of drug-likeness (QED) is 0.160. The molecule has 0 radical (unpaired) electrons. The molecule has 17 heteroatoms. The smallest absolute Gasteiger partial charge is 0.356 e. The summed E-state index contributed by atoms with van der Waals surface area (Å²) >= 11 is 0. The van der Waals surface area contributed by atoms with Crippen LogP contribution in [0, 0.1) is 11.8 Å². The van der Waals surface area contributed by atoms with E-state index in [4.69, 9.17) is 42.6 Å². The third-order valence-electron chi connectivity index (χ3n) is 8.80. The zero-order chi connectivity index (χ0) is 39.3. The molecule has 0 aliphatic carbocycles. The van der Waals surface area contributed by atoms with Crippen LogP contribution >= 0.6 is 0 Å². The minimum absolute atomic E-state index is 0.00751. The number of aromatic amines is 1. The number of H-pyrrole nitrogens is 1. The van der Waals surface area contributed by atoms with Crippen LogP contribution in [0.4, 0.5) is 0 Å². The third kappa shape index (κ3) is 8.52. The number of fused-ring (bicyclic) bond motifs is 3. The molecule has 5 rings (SSSR count). The summed E-state index contributed by atoms with van der Waals surface area (Å²) in [5.41, 5.74) is 1.88. The molecule has 0 amide bonds. The lowest BCUT2D eigenvalue weighted by molar-refractivity contribution is -0.342. The highest BCUT2D eigenvalue weighted by atomic mass is 16.8. The minimum atomic E-state index is -1.60. The number of para-hydroxylation sites is 1. The maximum absolute atomic E-state index is 13.2. The van der Waals surface area contributed by atoms with Crippen LogP contribution in [0.5, 0.6) is 0 Å². The molecule has 2 aliphatic heterocycles. The van der Waals surface area contributed by atoms with Gasteiger partial charge in [0.05, 0.1) is 37.3 Å². The minimum Gasteiger partial charge on any atom is -0.471 e. The lowest BCUT2D eigenvalue weighted by atomic mass is 9.80. The van der Waals surface area contributed by atoms with Crippen molar-refractivity contribution in [3.8, 4) is 0 Å². The zero-order valence-electron chi connectivity index (χ0n) is 30.4. The second-order valence-corrected chi connectivity index (χ2v) is 12.4. The number of carbonyl (C=O) groups is 6. The summed E-state index contributed by atoms with van der Waals surface area (Å²) in [7, 11) is 2.44. The second kappa shape index (κ2) is 16.9. The maximum Gasteiger partial charge on any atom is 0.356 e. The van der Waals surface area contributed by atoms with Crippen LogP contribution in [0.3, 0.4) is 0 Å². The molecule has 3 aromatic rings. The molecule has 1 aromatic carbocycles. The highest BCUT2D eigenvalue weighted by Gasteiger charge is 2.54. The number of rotatable bonds is 12. The number of hydrogen-bond acceptors (Lipinski definition) is 16. The number of nitrogens with one attached hydrogen (secondary N) is 1. The molecular weight excluding hydrogens is 712 g/mol. The first kappa shape index (κ1) is 39.4. The molecule has 17 nitrogen and oxygen atoms in total. The number of benzene rings is 1. The van der Waals surface area contributed by atoms with Crippen molar-refractivity contribution in [2.75, 3.05) is 20.8 Å². The molecule has 1 unspecified atom stereocenters. The molecule has 1 N–H and O–H groups in total. The fraction of sp³-hybridized carbons (Fsp3) is 0.432. The molecule has 8 atom stereocenters. The van der Waals surface area contributed by atoms with Crippen LogP contribution in [0.15, 0.2) is 54.8 Å². The van der Waals surface area contributed by atoms with Crippen LogP contribution in [0.2, 0.25) is 0 Å². The number of methoxy groups -OCH3 is 2. The zero-order valence-corrected chi connectivity index (χ0v) is 30.4. The Labute approximate surface area is 308 Å². The number of esters is 6. The van der Waals surface area contributed by atoms with Gasteiger partial charge >= 0.3 is 35.8 Å². The van der Waals surface area contributed by atoms with Gasteiger partial charge in [0.15, 0.2) is 18.3 Å². The molecule has 4 heterocycles. The molecule has 2 aromatic heterocycles. The summed E-state index contributed by atoms with van der Waals surface area (Å²) in [6, 6.07) is 9.08. The van der Waals surface area contributed by atoms with Gasteiger partial charge in [-0.15, -0.1) is 6.58 Å². The van der Waals surface area contributed by atoms with Gasteiger partial charge in [-0.3, -0.25) is 19.2 Å². The number of nitrogens with zero attached hydrogens (tertiary/aromatic N) is 1. The lowest BCUT2D eigenvalue weighted by Gasteiger charge is -2.45. The fourth-order valence-electron chi connectivity index (χ4n) is 6.58. The molecular formula is C37H40N2O15. The first-order valence-electron chi connectivity index (χ1n) is 16.8. The summed E-state index contributed by atoms with van der Waals surface area (Å²) in [6.45, 7) is 7.94. The van der Waals surface area contributed by atoms with E-state index >= 15 is 0 Å². The summed E-state index contributed by atoms with van der Waals surface area (Å²) < 4.78 is 50.1. The fourth-order valence-corrected chi connectivity index (χ4v) is 6.58.